The maximum atomic E-state index is 13.1. The van der Waals surface area contributed by atoms with Crippen molar-refractivity contribution in [3.63, 3.8) is 0 Å². The van der Waals surface area contributed by atoms with Gasteiger partial charge in [0.15, 0.2) is 0 Å². The van der Waals surface area contributed by atoms with Crippen LogP contribution in [0, 0.1) is 0 Å². The highest BCUT2D eigenvalue weighted by molar-refractivity contribution is 6.30. The van der Waals surface area contributed by atoms with Crippen LogP contribution in [0.25, 0.3) is 0 Å². The smallest absolute Gasteiger partial charge is 0.242 e. The van der Waals surface area contributed by atoms with Gasteiger partial charge in [0.05, 0.1) is 0 Å². The van der Waals surface area contributed by atoms with E-state index in [1.807, 2.05) is 26.0 Å². The molecule has 0 saturated heterocycles. The van der Waals surface area contributed by atoms with E-state index in [9.17, 15) is 9.59 Å². The highest BCUT2D eigenvalue weighted by atomic mass is 35.5. The second kappa shape index (κ2) is 11.8. The fourth-order valence-electron chi connectivity index (χ4n) is 3.17. The van der Waals surface area contributed by atoms with Gasteiger partial charge in [0, 0.05) is 24.0 Å². The van der Waals surface area contributed by atoms with Crippen LogP contribution in [-0.2, 0) is 29.0 Å². The number of nitrogens with one attached hydrogen (secondary N) is 1. The van der Waals surface area contributed by atoms with Crippen molar-refractivity contribution >= 4 is 23.4 Å². The van der Waals surface area contributed by atoms with E-state index >= 15 is 0 Å². The number of nitrogens with zero attached hydrogens (tertiary/aromatic N) is 1. The molecule has 0 aliphatic heterocycles. The van der Waals surface area contributed by atoms with Crippen LogP contribution in [0.1, 0.15) is 57.2 Å². The standard InChI is InChI=1S/C25H33ClN2O2/c1-5-18(3)27-25(30)19(4)28(17-22-11-14-23(26)15-12-22)24(29)16-13-21-9-7-20(6-2)8-10-21/h7-12,14-15,18-19H,5-6,13,16-17H2,1-4H3,(H,27,30)/t18-,19+/m0/s1. The molecule has 0 bridgehead atoms. The Morgan fingerprint density at radius 3 is 2.07 bits per heavy atom. The van der Waals surface area contributed by atoms with Gasteiger partial charge in [-0.2, -0.15) is 0 Å². The minimum absolute atomic E-state index is 0.0312. The van der Waals surface area contributed by atoms with Crippen LogP contribution in [0.4, 0.5) is 0 Å². The molecule has 0 aliphatic rings. The summed E-state index contributed by atoms with van der Waals surface area (Å²) in [4.78, 5) is 27.5. The topological polar surface area (TPSA) is 49.4 Å². The van der Waals surface area contributed by atoms with Gasteiger partial charge in [-0.3, -0.25) is 9.59 Å². The number of carbonyl (C=O) groups excluding carboxylic acids is 2. The van der Waals surface area contributed by atoms with Crippen LogP contribution in [0.2, 0.25) is 5.02 Å². The molecule has 162 valence electrons. The van der Waals surface area contributed by atoms with Crippen LogP contribution < -0.4 is 5.32 Å². The molecule has 2 aromatic carbocycles. The van der Waals surface area contributed by atoms with Crippen molar-refractivity contribution in [1.29, 1.82) is 0 Å². The van der Waals surface area contributed by atoms with Crippen molar-refractivity contribution in [2.24, 2.45) is 0 Å². The van der Waals surface area contributed by atoms with Gasteiger partial charge >= 0.3 is 0 Å². The molecule has 2 rings (SSSR count). The number of hydrogen-bond donors (Lipinski definition) is 1. The lowest BCUT2D eigenvalue weighted by Crippen LogP contribution is -2.49. The Morgan fingerprint density at radius 1 is 0.933 bits per heavy atom. The van der Waals surface area contributed by atoms with E-state index < -0.39 is 6.04 Å². The van der Waals surface area contributed by atoms with Gasteiger partial charge in [0.25, 0.3) is 0 Å². The lowest BCUT2D eigenvalue weighted by molar-refractivity contribution is -0.140. The van der Waals surface area contributed by atoms with E-state index in [-0.39, 0.29) is 17.9 Å². The number of benzene rings is 2. The zero-order chi connectivity index (χ0) is 22.1. The first-order valence-corrected chi connectivity index (χ1v) is 11.1. The number of amides is 2. The molecule has 2 atom stereocenters. The van der Waals surface area contributed by atoms with Gasteiger partial charge in [-0.1, -0.05) is 61.8 Å². The number of hydrogen-bond acceptors (Lipinski definition) is 2. The normalized spacial score (nSPS) is 12.8. The SMILES string of the molecule is CCc1ccc(CCC(=O)N(Cc2ccc(Cl)cc2)[C@H](C)C(=O)N[C@@H](C)CC)cc1. The summed E-state index contributed by atoms with van der Waals surface area (Å²) >= 11 is 5.99. The predicted octanol–water partition coefficient (Wildman–Crippen LogP) is 5.17. The van der Waals surface area contributed by atoms with Crippen LogP contribution in [-0.4, -0.2) is 28.8 Å². The van der Waals surface area contributed by atoms with Gasteiger partial charge in [0.2, 0.25) is 11.8 Å². The first-order chi connectivity index (χ1) is 14.3. The molecule has 0 unspecified atom stereocenters. The average molecular weight is 429 g/mol. The molecule has 0 saturated carbocycles. The van der Waals surface area contributed by atoms with Crippen molar-refractivity contribution in [3.05, 3.63) is 70.2 Å². The first-order valence-electron chi connectivity index (χ1n) is 10.8. The zero-order valence-electron chi connectivity index (χ0n) is 18.5. The van der Waals surface area contributed by atoms with Crippen LogP contribution in [0.3, 0.4) is 0 Å². The fraction of sp³-hybridized carbons (Fsp3) is 0.440. The van der Waals surface area contributed by atoms with Crippen LogP contribution in [0.15, 0.2) is 48.5 Å². The number of rotatable bonds is 10. The predicted molar refractivity (Wildman–Crippen MR) is 124 cm³/mol. The van der Waals surface area contributed by atoms with Crippen molar-refractivity contribution in [3.8, 4) is 0 Å². The zero-order valence-corrected chi connectivity index (χ0v) is 19.2. The van der Waals surface area contributed by atoms with E-state index in [2.05, 4.69) is 36.5 Å². The maximum Gasteiger partial charge on any atom is 0.242 e. The molecule has 30 heavy (non-hydrogen) atoms. The van der Waals surface area contributed by atoms with Crippen molar-refractivity contribution in [1.82, 2.24) is 10.2 Å². The lowest BCUT2D eigenvalue weighted by Gasteiger charge is -2.30. The number of halogens is 1. The summed E-state index contributed by atoms with van der Waals surface area (Å²) in [6.07, 6.45) is 2.86. The summed E-state index contributed by atoms with van der Waals surface area (Å²) in [6.45, 7) is 8.28. The lowest BCUT2D eigenvalue weighted by atomic mass is 10.0. The Morgan fingerprint density at radius 2 is 1.50 bits per heavy atom. The van der Waals surface area contributed by atoms with Gasteiger partial charge in [0.1, 0.15) is 6.04 Å². The largest absolute Gasteiger partial charge is 0.352 e. The van der Waals surface area contributed by atoms with Crippen molar-refractivity contribution in [2.45, 2.75) is 72.0 Å². The van der Waals surface area contributed by atoms with Crippen molar-refractivity contribution in [2.75, 3.05) is 0 Å². The molecule has 0 heterocycles. The average Bonchev–Trinajstić information content (AvgIpc) is 2.76. The number of aryl methyl sites for hydroxylation is 2. The summed E-state index contributed by atoms with van der Waals surface area (Å²) in [5.74, 6) is -0.157. The molecule has 0 aliphatic carbocycles. The van der Waals surface area contributed by atoms with Crippen LogP contribution in [0.5, 0.6) is 0 Å². The summed E-state index contributed by atoms with van der Waals surface area (Å²) in [6, 6.07) is 15.3. The molecule has 0 fully saturated rings. The van der Waals surface area contributed by atoms with E-state index in [0.29, 0.717) is 24.4 Å². The minimum Gasteiger partial charge on any atom is -0.352 e. The van der Waals surface area contributed by atoms with E-state index in [1.165, 1.54) is 5.56 Å². The third kappa shape index (κ3) is 7.17. The van der Waals surface area contributed by atoms with Gasteiger partial charge < -0.3 is 10.2 Å². The van der Waals surface area contributed by atoms with Gasteiger partial charge in [-0.15, -0.1) is 0 Å². The Kier molecular flexibility index (Phi) is 9.38. The molecule has 0 aromatic heterocycles. The summed E-state index contributed by atoms with van der Waals surface area (Å²) < 4.78 is 0. The highest BCUT2D eigenvalue weighted by Crippen LogP contribution is 2.16. The highest BCUT2D eigenvalue weighted by Gasteiger charge is 2.26. The first kappa shape index (κ1) is 23.9. The molecule has 5 heteroatoms. The molecule has 1 N–H and O–H groups in total. The van der Waals surface area contributed by atoms with Crippen LogP contribution >= 0.6 is 11.6 Å². The molecule has 0 radical (unpaired) electrons. The molecular formula is C25H33ClN2O2. The third-order valence-electron chi connectivity index (χ3n) is 5.49. The van der Waals surface area contributed by atoms with E-state index in [0.717, 1.165) is 24.0 Å². The maximum absolute atomic E-state index is 13.1. The monoisotopic (exact) mass is 428 g/mol. The fourth-order valence-corrected chi connectivity index (χ4v) is 3.30. The van der Waals surface area contributed by atoms with E-state index in [1.54, 1.807) is 24.0 Å². The van der Waals surface area contributed by atoms with E-state index in [4.69, 9.17) is 11.6 Å². The van der Waals surface area contributed by atoms with Crippen molar-refractivity contribution < 1.29 is 9.59 Å². The molecule has 0 spiro atoms. The molecule has 2 amide bonds. The number of carbonyl (C=O) groups is 2. The quantitative estimate of drug-likeness (QED) is 0.567. The summed E-state index contributed by atoms with van der Waals surface area (Å²) in [5, 5.41) is 3.64. The summed E-state index contributed by atoms with van der Waals surface area (Å²) in [7, 11) is 0. The minimum atomic E-state index is -0.551. The Hall–Kier alpha value is -2.33. The van der Waals surface area contributed by atoms with Gasteiger partial charge in [-0.25, -0.2) is 0 Å². The van der Waals surface area contributed by atoms with Gasteiger partial charge in [-0.05, 0) is 61.9 Å². The molecular weight excluding hydrogens is 396 g/mol. The summed E-state index contributed by atoms with van der Waals surface area (Å²) in [5.41, 5.74) is 3.36. The second-order valence-corrected chi connectivity index (χ2v) is 8.25. The molecule has 4 nitrogen and oxygen atoms in total. The Balaban J connectivity index is 2.12. The Bertz CT molecular complexity index is 818. The molecule has 2 aromatic rings. The third-order valence-corrected chi connectivity index (χ3v) is 5.75. The Labute approximate surface area is 185 Å². The second-order valence-electron chi connectivity index (χ2n) is 7.81.